The van der Waals surface area contributed by atoms with Crippen LogP contribution in [0.5, 0.6) is 0 Å². The lowest BCUT2D eigenvalue weighted by Crippen LogP contribution is -2.21. The summed E-state index contributed by atoms with van der Waals surface area (Å²) in [5.74, 6) is 1.25. The van der Waals surface area contributed by atoms with Crippen molar-refractivity contribution in [2.75, 3.05) is 0 Å². The lowest BCUT2D eigenvalue weighted by Gasteiger charge is -2.31. The standard InChI is InChI=1S/C16H23NO/c1-11-6-8-13(9-7-11)17-12(2)10-14-15(17)4-3-5-16(14)18/h10-11,13H,3-9H2,1-2H3. The van der Waals surface area contributed by atoms with Crippen molar-refractivity contribution in [1.82, 2.24) is 4.57 Å². The molecule has 1 aromatic heterocycles. The third-order valence-corrected chi connectivity index (χ3v) is 4.80. The molecule has 2 nitrogen and oxygen atoms in total. The van der Waals surface area contributed by atoms with Crippen molar-refractivity contribution >= 4 is 5.78 Å². The molecule has 0 saturated heterocycles. The highest BCUT2D eigenvalue weighted by Gasteiger charge is 2.27. The molecule has 2 heteroatoms. The maximum atomic E-state index is 12.0. The van der Waals surface area contributed by atoms with E-state index in [0.29, 0.717) is 11.8 Å². The normalized spacial score (nSPS) is 28.2. The molecule has 1 saturated carbocycles. The number of fused-ring (bicyclic) bond motifs is 1. The molecule has 1 fully saturated rings. The van der Waals surface area contributed by atoms with Gasteiger partial charge in [-0.2, -0.15) is 0 Å². The van der Waals surface area contributed by atoms with Gasteiger partial charge in [0.05, 0.1) is 0 Å². The SMILES string of the molecule is Cc1cc2c(n1C1CCC(C)CC1)CCCC2=O. The summed E-state index contributed by atoms with van der Waals surface area (Å²) in [6, 6.07) is 2.78. The summed E-state index contributed by atoms with van der Waals surface area (Å²) in [5.41, 5.74) is 3.66. The van der Waals surface area contributed by atoms with Crippen LogP contribution in [-0.2, 0) is 6.42 Å². The molecule has 98 valence electrons. The lowest BCUT2D eigenvalue weighted by molar-refractivity contribution is 0.0971. The molecule has 2 aliphatic carbocycles. The summed E-state index contributed by atoms with van der Waals surface area (Å²) in [4.78, 5) is 12.0. The maximum Gasteiger partial charge on any atom is 0.164 e. The molecule has 0 amide bonds. The number of aromatic nitrogens is 1. The minimum absolute atomic E-state index is 0.363. The number of carbonyl (C=O) groups excluding carboxylic acids is 1. The second-order valence-electron chi connectivity index (χ2n) is 6.21. The highest BCUT2D eigenvalue weighted by atomic mass is 16.1. The van der Waals surface area contributed by atoms with E-state index in [-0.39, 0.29) is 0 Å². The number of hydrogen-bond donors (Lipinski definition) is 0. The summed E-state index contributed by atoms with van der Waals surface area (Å²) >= 11 is 0. The average Bonchev–Trinajstić information content (AvgIpc) is 2.69. The van der Waals surface area contributed by atoms with Crippen LogP contribution in [0.3, 0.4) is 0 Å². The van der Waals surface area contributed by atoms with Crippen LogP contribution in [0, 0.1) is 12.8 Å². The van der Waals surface area contributed by atoms with Crippen molar-refractivity contribution in [3.05, 3.63) is 23.0 Å². The Labute approximate surface area is 109 Å². The first kappa shape index (κ1) is 12.0. The molecular formula is C16H23NO. The molecule has 0 aliphatic heterocycles. The number of aryl methyl sites for hydroxylation is 1. The zero-order valence-electron chi connectivity index (χ0n) is 11.5. The van der Waals surface area contributed by atoms with Crippen LogP contribution < -0.4 is 0 Å². The monoisotopic (exact) mass is 245 g/mol. The van der Waals surface area contributed by atoms with Crippen LogP contribution >= 0.6 is 0 Å². The Morgan fingerprint density at radius 3 is 2.61 bits per heavy atom. The molecule has 0 radical (unpaired) electrons. The molecule has 1 aromatic rings. The number of Topliss-reactive ketones (excluding diaryl/α,β-unsaturated/α-hetero) is 1. The third kappa shape index (κ3) is 1.92. The summed E-state index contributed by atoms with van der Waals surface area (Å²) in [5, 5.41) is 0. The first-order valence-electron chi connectivity index (χ1n) is 7.40. The van der Waals surface area contributed by atoms with E-state index in [9.17, 15) is 4.79 Å². The predicted octanol–water partition coefficient (Wildman–Crippen LogP) is 4.07. The van der Waals surface area contributed by atoms with Gasteiger partial charge in [0, 0.05) is 29.4 Å². The third-order valence-electron chi connectivity index (χ3n) is 4.80. The summed E-state index contributed by atoms with van der Waals surface area (Å²) in [6.07, 6.45) is 8.14. The molecule has 0 spiro atoms. The van der Waals surface area contributed by atoms with Crippen molar-refractivity contribution in [3.8, 4) is 0 Å². The van der Waals surface area contributed by atoms with Gasteiger partial charge in [-0.15, -0.1) is 0 Å². The van der Waals surface area contributed by atoms with E-state index >= 15 is 0 Å². The molecular weight excluding hydrogens is 222 g/mol. The zero-order chi connectivity index (χ0) is 12.7. The zero-order valence-corrected chi connectivity index (χ0v) is 11.5. The van der Waals surface area contributed by atoms with Crippen LogP contribution in [0.15, 0.2) is 6.07 Å². The van der Waals surface area contributed by atoms with Crippen LogP contribution in [-0.4, -0.2) is 10.4 Å². The Morgan fingerprint density at radius 2 is 1.89 bits per heavy atom. The minimum atomic E-state index is 0.363. The van der Waals surface area contributed by atoms with Gasteiger partial charge in [0.15, 0.2) is 5.78 Å². The number of nitrogens with zero attached hydrogens (tertiary/aromatic N) is 1. The quantitative estimate of drug-likeness (QED) is 0.731. The summed E-state index contributed by atoms with van der Waals surface area (Å²) in [6.45, 7) is 4.53. The van der Waals surface area contributed by atoms with Gasteiger partial charge in [0.2, 0.25) is 0 Å². The fourth-order valence-corrected chi connectivity index (χ4v) is 3.76. The number of rotatable bonds is 1. The topological polar surface area (TPSA) is 22.0 Å². The molecule has 0 atom stereocenters. The number of ketones is 1. The Hall–Kier alpha value is -1.05. The van der Waals surface area contributed by atoms with E-state index in [1.54, 1.807) is 0 Å². The van der Waals surface area contributed by atoms with Crippen LogP contribution in [0.25, 0.3) is 0 Å². The molecule has 2 aliphatic rings. The van der Waals surface area contributed by atoms with Gasteiger partial charge in [-0.3, -0.25) is 4.79 Å². The van der Waals surface area contributed by atoms with Gasteiger partial charge < -0.3 is 4.57 Å². The largest absolute Gasteiger partial charge is 0.345 e. The molecule has 0 unspecified atom stereocenters. The minimum Gasteiger partial charge on any atom is -0.345 e. The van der Waals surface area contributed by atoms with E-state index in [1.807, 2.05) is 0 Å². The van der Waals surface area contributed by atoms with Crippen LogP contribution in [0.1, 0.15) is 73.2 Å². The van der Waals surface area contributed by atoms with Gasteiger partial charge in [-0.05, 0) is 57.4 Å². The van der Waals surface area contributed by atoms with E-state index in [4.69, 9.17) is 0 Å². The highest BCUT2D eigenvalue weighted by molar-refractivity contribution is 5.98. The van der Waals surface area contributed by atoms with Gasteiger partial charge in [0.25, 0.3) is 0 Å². The van der Waals surface area contributed by atoms with E-state index < -0.39 is 0 Å². The smallest absolute Gasteiger partial charge is 0.164 e. The molecule has 0 N–H and O–H groups in total. The number of carbonyl (C=O) groups is 1. The molecule has 0 aromatic carbocycles. The van der Waals surface area contributed by atoms with Crippen molar-refractivity contribution in [3.63, 3.8) is 0 Å². The van der Waals surface area contributed by atoms with Gasteiger partial charge in [-0.1, -0.05) is 6.92 Å². The molecule has 3 rings (SSSR count). The molecule has 18 heavy (non-hydrogen) atoms. The van der Waals surface area contributed by atoms with Crippen molar-refractivity contribution in [2.24, 2.45) is 5.92 Å². The second-order valence-corrected chi connectivity index (χ2v) is 6.21. The second kappa shape index (κ2) is 4.56. The molecule has 0 bridgehead atoms. The molecule has 1 heterocycles. The predicted molar refractivity (Wildman–Crippen MR) is 73.1 cm³/mol. The fourth-order valence-electron chi connectivity index (χ4n) is 3.76. The van der Waals surface area contributed by atoms with Gasteiger partial charge >= 0.3 is 0 Å². The maximum absolute atomic E-state index is 12.0. The van der Waals surface area contributed by atoms with Crippen LogP contribution in [0.4, 0.5) is 0 Å². The van der Waals surface area contributed by atoms with E-state index in [1.165, 1.54) is 37.1 Å². The Morgan fingerprint density at radius 1 is 1.17 bits per heavy atom. The first-order chi connectivity index (χ1) is 8.66. The summed E-state index contributed by atoms with van der Waals surface area (Å²) in [7, 11) is 0. The summed E-state index contributed by atoms with van der Waals surface area (Å²) < 4.78 is 2.50. The van der Waals surface area contributed by atoms with E-state index in [2.05, 4.69) is 24.5 Å². The van der Waals surface area contributed by atoms with Crippen molar-refractivity contribution in [2.45, 2.75) is 64.8 Å². The fraction of sp³-hybridized carbons (Fsp3) is 0.688. The van der Waals surface area contributed by atoms with Gasteiger partial charge in [-0.25, -0.2) is 0 Å². The van der Waals surface area contributed by atoms with E-state index in [0.717, 1.165) is 30.7 Å². The Kier molecular flexibility index (Phi) is 3.04. The Balaban J connectivity index is 1.94. The number of hydrogen-bond acceptors (Lipinski definition) is 1. The Bertz CT molecular complexity index is 464. The van der Waals surface area contributed by atoms with Crippen molar-refractivity contribution in [1.29, 1.82) is 0 Å². The van der Waals surface area contributed by atoms with Crippen molar-refractivity contribution < 1.29 is 4.79 Å². The van der Waals surface area contributed by atoms with Crippen LogP contribution in [0.2, 0.25) is 0 Å². The lowest BCUT2D eigenvalue weighted by atomic mass is 9.86. The first-order valence-corrected chi connectivity index (χ1v) is 7.40. The average molecular weight is 245 g/mol. The van der Waals surface area contributed by atoms with Gasteiger partial charge in [0.1, 0.15) is 0 Å². The highest BCUT2D eigenvalue weighted by Crippen LogP contribution is 2.36.